The van der Waals surface area contributed by atoms with Crippen LogP contribution in [-0.2, 0) is 17.8 Å². The SMILES string of the molecule is C#CCn1cc(CC=O)c(-c2ccncc2)n1. The topological polar surface area (TPSA) is 47.8 Å². The van der Waals surface area contributed by atoms with Gasteiger partial charge in [-0.2, -0.15) is 5.10 Å². The molecule has 0 N–H and O–H groups in total. The van der Waals surface area contributed by atoms with Gasteiger partial charge in [0, 0.05) is 36.1 Å². The number of rotatable bonds is 4. The van der Waals surface area contributed by atoms with Crippen molar-refractivity contribution in [1.29, 1.82) is 0 Å². The summed E-state index contributed by atoms with van der Waals surface area (Å²) in [4.78, 5) is 14.6. The molecule has 84 valence electrons. The second-order valence-corrected chi connectivity index (χ2v) is 3.51. The van der Waals surface area contributed by atoms with Crippen molar-refractivity contribution in [3.63, 3.8) is 0 Å². The van der Waals surface area contributed by atoms with E-state index in [4.69, 9.17) is 6.42 Å². The van der Waals surface area contributed by atoms with Crippen molar-refractivity contribution in [2.24, 2.45) is 0 Å². The third-order valence-corrected chi connectivity index (χ3v) is 2.35. The maximum Gasteiger partial charge on any atom is 0.124 e. The molecule has 0 saturated heterocycles. The van der Waals surface area contributed by atoms with Crippen LogP contribution in [0.25, 0.3) is 11.3 Å². The van der Waals surface area contributed by atoms with Crippen LogP contribution in [0.1, 0.15) is 5.56 Å². The first-order chi connectivity index (χ1) is 8.35. The number of carbonyl (C=O) groups excluding carboxylic acids is 1. The predicted octanol–water partition coefficient (Wildman–Crippen LogP) is 1.32. The molecule has 0 spiro atoms. The Bertz CT molecular complexity index is 552. The molecule has 0 aliphatic heterocycles. The van der Waals surface area contributed by atoms with Crippen molar-refractivity contribution in [2.75, 3.05) is 0 Å². The molecule has 2 heterocycles. The molecule has 0 atom stereocenters. The molecular formula is C13H11N3O. The molecule has 2 aromatic heterocycles. The van der Waals surface area contributed by atoms with Crippen LogP contribution in [0.5, 0.6) is 0 Å². The van der Waals surface area contributed by atoms with E-state index in [0.717, 1.165) is 23.1 Å². The van der Waals surface area contributed by atoms with Crippen molar-refractivity contribution in [3.05, 3.63) is 36.3 Å². The molecule has 0 aliphatic rings. The minimum absolute atomic E-state index is 0.336. The highest BCUT2D eigenvalue weighted by molar-refractivity contribution is 5.67. The highest BCUT2D eigenvalue weighted by atomic mass is 16.1. The fourth-order valence-electron chi connectivity index (χ4n) is 1.63. The molecule has 2 aromatic rings. The number of hydrogen-bond donors (Lipinski definition) is 0. The van der Waals surface area contributed by atoms with Crippen LogP contribution in [0.4, 0.5) is 0 Å². The summed E-state index contributed by atoms with van der Waals surface area (Å²) in [6.07, 6.45) is 11.6. The molecule has 0 bridgehead atoms. The predicted molar refractivity (Wildman–Crippen MR) is 64.1 cm³/mol. The molecule has 17 heavy (non-hydrogen) atoms. The first-order valence-corrected chi connectivity index (χ1v) is 5.19. The normalized spacial score (nSPS) is 9.82. The number of terminal acetylenes is 1. The fourth-order valence-corrected chi connectivity index (χ4v) is 1.63. The lowest BCUT2D eigenvalue weighted by atomic mass is 10.1. The standard InChI is InChI=1S/C13H11N3O/c1-2-8-16-10-12(5-9-17)13(15-16)11-3-6-14-7-4-11/h1,3-4,6-7,9-10H,5,8H2. The first-order valence-electron chi connectivity index (χ1n) is 5.19. The molecule has 0 aromatic carbocycles. The van der Waals surface area contributed by atoms with Crippen molar-refractivity contribution in [3.8, 4) is 23.6 Å². The monoisotopic (exact) mass is 225 g/mol. The zero-order valence-corrected chi connectivity index (χ0v) is 9.21. The van der Waals surface area contributed by atoms with Crippen LogP contribution < -0.4 is 0 Å². The van der Waals surface area contributed by atoms with E-state index in [2.05, 4.69) is 16.0 Å². The van der Waals surface area contributed by atoms with E-state index < -0.39 is 0 Å². The van der Waals surface area contributed by atoms with Crippen LogP contribution in [0.3, 0.4) is 0 Å². The first kappa shape index (κ1) is 11.1. The largest absolute Gasteiger partial charge is 0.303 e. The average molecular weight is 225 g/mol. The summed E-state index contributed by atoms with van der Waals surface area (Å²) in [6.45, 7) is 0.400. The van der Waals surface area contributed by atoms with Crippen molar-refractivity contribution < 1.29 is 4.79 Å². The zero-order valence-electron chi connectivity index (χ0n) is 9.21. The van der Waals surface area contributed by atoms with Gasteiger partial charge in [0.15, 0.2) is 0 Å². The van der Waals surface area contributed by atoms with Crippen LogP contribution in [0.15, 0.2) is 30.7 Å². The Morgan fingerprint density at radius 2 is 2.18 bits per heavy atom. The molecular weight excluding hydrogens is 214 g/mol. The molecule has 4 heteroatoms. The Hall–Kier alpha value is -2.41. The number of aldehydes is 1. The summed E-state index contributed by atoms with van der Waals surface area (Å²) in [5.74, 6) is 2.52. The summed E-state index contributed by atoms with van der Waals surface area (Å²) in [6, 6.07) is 3.72. The maximum absolute atomic E-state index is 10.6. The van der Waals surface area contributed by atoms with Gasteiger partial charge in [-0.3, -0.25) is 9.67 Å². The summed E-state index contributed by atoms with van der Waals surface area (Å²) in [5, 5.41) is 4.38. The molecule has 0 aliphatic carbocycles. The maximum atomic E-state index is 10.6. The minimum Gasteiger partial charge on any atom is -0.303 e. The van der Waals surface area contributed by atoms with E-state index >= 15 is 0 Å². The average Bonchev–Trinajstić information content (AvgIpc) is 2.74. The lowest BCUT2D eigenvalue weighted by molar-refractivity contribution is -0.107. The molecule has 0 fully saturated rings. The smallest absolute Gasteiger partial charge is 0.124 e. The van der Waals surface area contributed by atoms with Crippen molar-refractivity contribution >= 4 is 6.29 Å². The van der Waals surface area contributed by atoms with E-state index in [-0.39, 0.29) is 0 Å². The molecule has 0 saturated carbocycles. The highest BCUT2D eigenvalue weighted by Crippen LogP contribution is 2.21. The molecule has 0 amide bonds. The minimum atomic E-state index is 0.336. The lowest BCUT2D eigenvalue weighted by Gasteiger charge is -1.97. The number of aromatic nitrogens is 3. The quantitative estimate of drug-likeness (QED) is 0.582. The van der Waals surface area contributed by atoms with Gasteiger partial charge in [0.1, 0.15) is 12.8 Å². The molecule has 0 radical (unpaired) electrons. The molecule has 2 rings (SSSR count). The van der Waals surface area contributed by atoms with Crippen molar-refractivity contribution in [1.82, 2.24) is 14.8 Å². The Labute approximate surface area is 99.3 Å². The van der Waals surface area contributed by atoms with Gasteiger partial charge in [0.05, 0.1) is 5.69 Å². The second-order valence-electron chi connectivity index (χ2n) is 3.51. The Morgan fingerprint density at radius 3 is 2.82 bits per heavy atom. The fraction of sp³-hybridized carbons (Fsp3) is 0.154. The van der Waals surface area contributed by atoms with E-state index in [1.54, 1.807) is 17.1 Å². The summed E-state index contributed by atoms with van der Waals surface area (Å²) in [5.41, 5.74) is 2.60. The lowest BCUT2D eigenvalue weighted by Crippen LogP contribution is -1.95. The number of pyridine rings is 1. The Balaban J connectivity index is 2.44. The highest BCUT2D eigenvalue weighted by Gasteiger charge is 2.10. The van der Waals surface area contributed by atoms with Gasteiger partial charge in [-0.1, -0.05) is 5.92 Å². The number of hydrogen-bond acceptors (Lipinski definition) is 3. The van der Waals surface area contributed by atoms with E-state index in [0.29, 0.717) is 13.0 Å². The van der Waals surface area contributed by atoms with Gasteiger partial charge in [0.25, 0.3) is 0 Å². The number of nitrogens with zero attached hydrogens (tertiary/aromatic N) is 3. The summed E-state index contributed by atoms with van der Waals surface area (Å²) in [7, 11) is 0. The Kier molecular flexibility index (Phi) is 3.31. The van der Waals surface area contributed by atoms with Gasteiger partial charge in [-0.05, 0) is 12.1 Å². The molecule has 4 nitrogen and oxygen atoms in total. The van der Waals surface area contributed by atoms with Gasteiger partial charge >= 0.3 is 0 Å². The van der Waals surface area contributed by atoms with Gasteiger partial charge in [-0.25, -0.2) is 0 Å². The third kappa shape index (κ3) is 2.40. The van der Waals surface area contributed by atoms with E-state index in [1.807, 2.05) is 18.3 Å². The Morgan fingerprint density at radius 1 is 1.41 bits per heavy atom. The zero-order chi connectivity index (χ0) is 12.1. The van der Waals surface area contributed by atoms with Gasteiger partial charge < -0.3 is 4.79 Å². The second kappa shape index (κ2) is 5.08. The summed E-state index contributed by atoms with van der Waals surface area (Å²) >= 11 is 0. The van der Waals surface area contributed by atoms with E-state index in [1.165, 1.54) is 0 Å². The summed E-state index contributed by atoms with van der Waals surface area (Å²) < 4.78 is 1.66. The third-order valence-electron chi connectivity index (χ3n) is 2.35. The number of carbonyl (C=O) groups is 1. The van der Waals surface area contributed by atoms with Crippen LogP contribution in [0.2, 0.25) is 0 Å². The van der Waals surface area contributed by atoms with E-state index in [9.17, 15) is 4.79 Å². The van der Waals surface area contributed by atoms with Crippen LogP contribution >= 0.6 is 0 Å². The van der Waals surface area contributed by atoms with Crippen LogP contribution in [0, 0.1) is 12.3 Å². The van der Waals surface area contributed by atoms with Crippen LogP contribution in [-0.4, -0.2) is 21.1 Å². The van der Waals surface area contributed by atoms with Gasteiger partial charge in [-0.15, -0.1) is 6.42 Å². The van der Waals surface area contributed by atoms with Gasteiger partial charge in [0.2, 0.25) is 0 Å². The van der Waals surface area contributed by atoms with Crippen molar-refractivity contribution in [2.45, 2.75) is 13.0 Å². The molecule has 0 unspecified atom stereocenters.